The Balaban J connectivity index is 2.04. The molecule has 1 atom stereocenters. The number of carbonyl (C=O) groups excluding carboxylic acids is 2. The van der Waals surface area contributed by atoms with E-state index < -0.39 is 40.2 Å². The van der Waals surface area contributed by atoms with Crippen LogP contribution in [0.2, 0.25) is 10.0 Å². The predicted molar refractivity (Wildman–Crippen MR) is 158 cm³/mol. The van der Waals surface area contributed by atoms with Crippen LogP contribution in [0.5, 0.6) is 5.75 Å². The van der Waals surface area contributed by atoms with Crippen molar-refractivity contribution in [2.75, 3.05) is 24.0 Å². The lowest BCUT2D eigenvalue weighted by atomic mass is 10.1. The number of hydrogen-bond acceptors (Lipinski definition) is 5. The smallest absolute Gasteiger partial charge is 0.264 e. The summed E-state index contributed by atoms with van der Waals surface area (Å²) < 4.78 is 47.6. The standard InChI is InChI=1S/C29H32Cl2FN3O5S/c1-4-16-33-29(37)20(3)34(18-21-6-7-22(30)17-27(21)31)28(36)19-35(24-10-12-25(13-11-24)40-5-2)41(38,39)26-14-8-23(32)9-15-26/h6-15,17,20H,4-5,16,18-19H2,1-3H3,(H,33,37)/t20-/m1/s1. The van der Waals surface area contributed by atoms with E-state index in [1.54, 1.807) is 31.2 Å². The fourth-order valence-electron chi connectivity index (χ4n) is 3.95. The van der Waals surface area contributed by atoms with Crippen molar-refractivity contribution in [2.45, 2.75) is 44.7 Å². The van der Waals surface area contributed by atoms with Crippen molar-refractivity contribution in [1.82, 2.24) is 10.2 Å². The highest BCUT2D eigenvalue weighted by atomic mass is 35.5. The minimum atomic E-state index is -4.34. The zero-order valence-electron chi connectivity index (χ0n) is 22.9. The van der Waals surface area contributed by atoms with Crippen molar-refractivity contribution in [2.24, 2.45) is 0 Å². The van der Waals surface area contributed by atoms with E-state index in [0.29, 0.717) is 40.9 Å². The molecule has 0 aliphatic carbocycles. The molecule has 0 bridgehead atoms. The molecule has 12 heteroatoms. The highest BCUT2D eigenvalue weighted by molar-refractivity contribution is 7.92. The second-order valence-corrected chi connectivity index (χ2v) is 11.8. The van der Waals surface area contributed by atoms with Gasteiger partial charge in [-0.15, -0.1) is 0 Å². The number of halogens is 3. The van der Waals surface area contributed by atoms with Crippen LogP contribution in [0.3, 0.4) is 0 Å². The fourth-order valence-corrected chi connectivity index (χ4v) is 5.83. The van der Waals surface area contributed by atoms with Crippen molar-refractivity contribution in [3.05, 3.63) is 88.2 Å². The third-order valence-electron chi connectivity index (χ3n) is 6.19. The molecule has 0 radical (unpaired) electrons. The molecule has 0 spiro atoms. The van der Waals surface area contributed by atoms with Gasteiger partial charge in [0.1, 0.15) is 24.2 Å². The largest absolute Gasteiger partial charge is 0.494 e. The number of carbonyl (C=O) groups is 2. The normalized spacial score (nSPS) is 12.0. The summed E-state index contributed by atoms with van der Waals surface area (Å²) in [4.78, 5) is 27.9. The summed E-state index contributed by atoms with van der Waals surface area (Å²) in [6.07, 6.45) is 0.691. The lowest BCUT2D eigenvalue weighted by Gasteiger charge is -2.32. The molecule has 0 aromatic heterocycles. The third-order valence-corrected chi connectivity index (χ3v) is 8.56. The molecule has 41 heavy (non-hydrogen) atoms. The Kier molecular flexibility index (Phi) is 11.4. The molecular weight excluding hydrogens is 592 g/mol. The van der Waals surface area contributed by atoms with Crippen molar-refractivity contribution >= 4 is 50.7 Å². The lowest BCUT2D eigenvalue weighted by molar-refractivity contribution is -0.139. The Bertz CT molecular complexity index is 1450. The molecule has 2 amide bonds. The van der Waals surface area contributed by atoms with Gasteiger partial charge >= 0.3 is 0 Å². The molecule has 1 N–H and O–H groups in total. The number of rotatable bonds is 13. The van der Waals surface area contributed by atoms with Crippen LogP contribution in [-0.4, -0.2) is 50.9 Å². The van der Waals surface area contributed by atoms with Gasteiger partial charge in [-0.25, -0.2) is 12.8 Å². The Morgan fingerprint density at radius 1 is 1.00 bits per heavy atom. The average molecular weight is 625 g/mol. The van der Waals surface area contributed by atoms with E-state index in [2.05, 4.69) is 5.32 Å². The first-order valence-corrected chi connectivity index (χ1v) is 15.2. The van der Waals surface area contributed by atoms with E-state index >= 15 is 0 Å². The summed E-state index contributed by atoms with van der Waals surface area (Å²) in [7, 11) is -4.34. The van der Waals surface area contributed by atoms with Gasteiger partial charge in [-0.05, 0) is 86.5 Å². The fraction of sp³-hybridized carbons (Fsp3) is 0.310. The van der Waals surface area contributed by atoms with E-state index in [-0.39, 0.29) is 17.1 Å². The molecule has 8 nitrogen and oxygen atoms in total. The maximum absolute atomic E-state index is 13.9. The number of nitrogens with one attached hydrogen (secondary N) is 1. The van der Waals surface area contributed by atoms with Gasteiger partial charge in [0.2, 0.25) is 11.8 Å². The lowest BCUT2D eigenvalue weighted by Crippen LogP contribution is -2.51. The Morgan fingerprint density at radius 2 is 1.66 bits per heavy atom. The first-order chi connectivity index (χ1) is 19.5. The number of ether oxygens (including phenoxy) is 1. The first kappa shape index (κ1) is 32.2. The minimum Gasteiger partial charge on any atom is -0.494 e. The van der Waals surface area contributed by atoms with Crippen LogP contribution >= 0.6 is 23.2 Å². The van der Waals surface area contributed by atoms with E-state index in [1.807, 2.05) is 13.8 Å². The van der Waals surface area contributed by atoms with Crippen LogP contribution in [0.25, 0.3) is 0 Å². The average Bonchev–Trinajstić information content (AvgIpc) is 2.94. The Labute approximate surface area is 250 Å². The number of benzene rings is 3. The number of sulfonamides is 1. The molecular formula is C29H32Cl2FN3O5S. The van der Waals surface area contributed by atoms with Crippen LogP contribution in [0, 0.1) is 5.82 Å². The molecule has 0 unspecified atom stereocenters. The highest BCUT2D eigenvalue weighted by Gasteiger charge is 2.33. The van der Waals surface area contributed by atoms with Crippen molar-refractivity contribution in [3.8, 4) is 5.75 Å². The summed E-state index contributed by atoms with van der Waals surface area (Å²) in [6, 6.07) is 14.3. The van der Waals surface area contributed by atoms with E-state index in [4.69, 9.17) is 27.9 Å². The maximum atomic E-state index is 13.9. The molecule has 0 fully saturated rings. The topological polar surface area (TPSA) is 96.0 Å². The van der Waals surface area contributed by atoms with Gasteiger partial charge in [0.15, 0.2) is 0 Å². The van der Waals surface area contributed by atoms with Gasteiger partial charge in [-0.3, -0.25) is 13.9 Å². The second kappa shape index (κ2) is 14.5. The quantitative estimate of drug-likeness (QED) is 0.265. The molecule has 0 aliphatic heterocycles. The van der Waals surface area contributed by atoms with Crippen LogP contribution < -0.4 is 14.4 Å². The van der Waals surface area contributed by atoms with Crippen LogP contribution in [0.15, 0.2) is 71.6 Å². The first-order valence-electron chi connectivity index (χ1n) is 13.0. The molecule has 0 saturated heterocycles. The summed E-state index contributed by atoms with van der Waals surface area (Å²) >= 11 is 12.4. The van der Waals surface area contributed by atoms with E-state index in [1.165, 1.54) is 23.1 Å². The van der Waals surface area contributed by atoms with E-state index in [0.717, 1.165) is 28.6 Å². The zero-order chi connectivity index (χ0) is 30.2. The van der Waals surface area contributed by atoms with Crippen molar-refractivity contribution in [1.29, 1.82) is 0 Å². The van der Waals surface area contributed by atoms with Crippen LogP contribution in [-0.2, 0) is 26.2 Å². The second-order valence-electron chi connectivity index (χ2n) is 9.12. The molecule has 3 rings (SSSR count). The molecule has 0 aliphatic rings. The zero-order valence-corrected chi connectivity index (χ0v) is 25.3. The van der Waals surface area contributed by atoms with Crippen molar-refractivity contribution < 1.29 is 27.1 Å². The van der Waals surface area contributed by atoms with Gasteiger partial charge in [-0.2, -0.15) is 0 Å². The molecule has 3 aromatic rings. The summed E-state index contributed by atoms with van der Waals surface area (Å²) in [6.45, 7) is 5.36. The number of anilines is 1. The third kappa shape index (κ3) is 8.34. The molecule has 0 saturated carbocycles. The number of hydrogen-bond donors (Lipinski definition) is 1. The van der Waals surface area contributed by atoms with Gasteiger partial charge in [-0.1, -0.05) is 36.2 Å². The maximum Gasteiger partial charge on any atom is 0.264 e. The van der Waals surface area contributed by atoms with Gasteiger partial charge in [0.25, 0.3) is 10.0 Å². The van der Waals surface area contributed by atoms with Gasteiger partial charge in [0.05, 0.1) is 17.2 Å². The van der Waals surface area contributed by atoms with Crippen LogP contribution in [0.1, 0.15) is 32.8 Å². The summed E-state index contributed by atoms with van der Waals surface area (Å²) in [5.74, 6) is -1.15. The Morgan fingerprint density at radius 3 is 2.24 bits per heavy atom. The van der Waals surface area contributed by atoms with E-state index in [9.17, 15) is 22.4 Å². The van der Waals surface area contributed by atoms with Crippen LogP contribution in [0.4, 0.5) is 10.1 Å². The molecule has 3 aromatic carbocycles. The highest BCUT2D eigenvalue weighted by Crippen LogP contribution is 2.28. The number of nitrogens with zero attached hydrogens (tertiary/aromatic N) is 2. The SMILES string of the molecule is CCCNC(=O)[C@@H](C)N(Cc1ccc(Cl)cc1Cl)C(=O)CN(c1ccc(OCC)cc1)S(=O)(=O)c1ccc(F)cc1. The Hall–Kier alpha value is -3.34. The van der Waals surface area contributed by atoms with Gasteiger partial charge in [0, 0.05) is 23.1 Å². The monoisotopic (exact) mass is 623 g/mol. The summed E-state index contributed by atoms with van der Waals surface area (Å²) in [5, 5.41) is 3.46. The number of amides is 2. The molecule has 220 valence electrons. The summed E-state index contributed by atoms with van der Waals surface area (Å²) in [5.41, 5.74) is 0.701. The minimum absolute atomic E-state index is 0.0801. The predicted octanol–water partition coefficient (Wildman–Crippen LogP) is 5.67. The van der Waals surface area contributed by atoms with Gasteiger partial charge < -0.3 is 15.0 Å². The van der Waals surface area contributed by atoms with Crippen molar-refractivity contribution in [3.63, 3.8) is 0 Å². The molecule has 0 heterocycles.